The van der Waals surface area contributed by atoms with Crippen LogP contribution in [0.15, 0.2) is 48.5 Å². The van der Waals surface area contributed by atoms with E-state index < -0.39 is 11.9 Å². The molecule has 0 bridgehead atoms. The van der Waals surface area contributed by atoms with Crippen molar-refractivity contribution in [3.8, 4) is 23.0 Å². The van der Waals surface area contributed by atoms with Crippen molar-refractivity contribution in [1.82, 2.24) is 0 Å². The van der Waals surface area contributed by atoms with Gasteiger partial charge >= 0.3 is 103 Å². The van der Waals surface area contributed by atoms with E-state index >= 15 is 0 Å². The molecule has 0 spiro atoms. The van der Waals surface area contributed by atoms with Crippen molar-refractivity contribution in [3.05, 3.63) is 48.5 Å². The fraction of sp³-hybridized carbons (Fsp3) is 0.417. The second-order valence-electron chi connectivity index (χ2n) is 6.50. The molecule has 36 heavy (non-hydrogen) atoms. The minimum atomic E-state index is -1.08. The summed E-state index contributed by atoms with van der Waals surface area (Å²) in [6.45, 7) is 5.59. The number of carboxylic acids is 2. The summed E-state index contributed by atoms with van der Waals surface area (Å²) in [6, 6.07) is 15.2. The van der Waals surface area contributed by atoms with E-state index in [0.717, 1.165) is 13.8 Å². The van der Waals surface area contributed by atoms with Gasteiger partial charge in [0.25, 0.3) is 0 Å². The summed E-state index contributed by atoms with van der Waals surface area (Å²) in [5.74, 6) is 0.632. The van der Waals surface area contributed by atoms with Crippen LogP contribution in [-0.2, 0) is 19.1 Å². The Morgan fingerprint density at radius 1 is 0.528 bits per heavy atom. The maximum absolute atomic E-state index is 8.89. The van der Waals surface area contributed by atoms with Gasteiger partial charge in [-0.2, -0.15) is 0 Å². The predicted octanol–water partition coefficient (Wildman–Crippen LogP) is -5.53. The standard InChI is InChI=1S/C20H24O6.2C2H4O2.2K/c1-2-6-18-17(5-1)23-13-9-21-11-15-25-19-7-3-4-8-20(19)26-16-12-22-10-14-24-18;2*1-2(3)4;;/h1-8H,9-16H2;2*1H3,(H,3,4);;/q;;;2*+1/p-2. The van der Waals surface area contributed by atoms with Crippen molar-refractivity contribution in [3.63, 3.8) is 0 Å². The van der Waals surface area contributed by atoms with Crippen LogP contribution in [0, 0.1) is 0 Å². The Morgan fingerprint density at radius 3 is 0.917 bits per heavy atom. The van der Waals surface area contributed by atoms with Gasteiger partial charge in [0.1, 0.15) is 26.4 Å². The molecular weight excluding hydrogens is 526 g/mol. The molecule has 0 unspecified atom stereocenters. The summed E-state index contributed by atoms with van der Waals surface area (Å²) in [6.07, 6.45) is 0. The van der Waals surface area contributed by atoms with Crippen LogP contribution >= 0.6 is 0 Å². The molecule has 1 heterocycles. The van der Waals surface area contributed by atoms with E-state index in [-0.39, 0.29) is 103 Å². The van der Waals surface area contributed by atoms with Crippen LogP contribution in [0.3, 0.4) is 0 Å². The molecule has 0 amide bonds. The molecule has 0 fully saturated rings. The van der Waals surface area contributed by atoms with Crippen LogP contribution in [0.1, 0.15) is 13.8 Å². The molecule has 0 N–H and O–H groups in total. The third-order valence-corrected chi connectivity index (χ3v) is 3.64. The molecule has 0 aromatic heterocycles. The van der Waals surface area contributed by atoms with Gasteiger partial charge in [0, 0.05) is 11.9 Å². The molecule has 0 atom stereocenters. The molecule has 1 aliphatic heterocycles. The molecule has 0 aliphatic carbocycles. The summed E-state index contributed by atoms with van der Waals surface area (Å²) in [5, 5.41) is 17.8. The van der Waals surface area contributed by atoms with E-state index in [1.54, 1.807) is 0 Å². The molecule has 0 radical (unpaired) electrons. The molecule has 10 nitrogen and oxygen atoms in total. The van der Waals surface area contributed by atoms with Crippen molar-refractivity contribution < 1.29 is 151 Å². The molecule has 1 aliphatic rings. The average molecular weight is 557 g/mol. The van der Waals surface area contributed by atoms with E-state index in [1.165, 1.54) is 0 Å². The third kappa shape index (κ3) is 20.8. The van der Waals surface area contributed by atoms with Crippen molar-refractivity contribution in [1.29, 1.82) is 0 Å². The second kappa shape index (κ2) is 25.1. The first-order valence-corrected chi connectivity index (χ1v) is 10.6. The van der Waals surface area contributed by atoms with Gasteiger partial charge in [0.2, 0.25) is 0 Å². The van der Waals surface area contributed by atoms with E-state index in [2.05, 4.69) is 0 Å². The van der Waals surface area contributed by atoms with Crippen LogP contribution in [0.2, 0.25) is 0 Å². The van der Waals surface area contributed by atoms with E-state index in [9.17, 15) is 0 Å². The van der Waals surface area contributed by atoms with Crippen molar-refractivity contribution >= 4 is 11.9 Å². The molecule has 2 aromatic rings. The van der Waals surface area contributed by atoms with Crippen molar-refractivity contribution in [2.45, 2.75) is 13.8 Å². The molecule has 188 valence electrons. The predicted molar refractivity (Wildman–Crippen MR) is 118 cm³/mol. The van der Waals surface area contributed by atoms with Gasteiger partial charge in [-0.25, -0.2) is 0 Å². The largest absolute Gasteiger partial charge is 1.00 e. The second-order valence-corrected chi connectivity index (χ2v) is 6.50. The van der Waals surface area contributed by atoms with Crippen LogP contribution in [-0.4, -0.2) is 64.8 Å². The average Bonchev–Trinajstić information content (AvgIpc) is 2.78. The summed E-state index contributed by atoms with van der Waals surface area (Å²) < 4.78 is 34.1. The fourth-order valence-electron chi connectivity index (χ4n) is 2.42. The molecule has 2 aromatic carbocycles. The quantitative estimate of drug-likeness (QED) is 0.289. The van der Waals surface area contributed by atoms with Crippen LogP contribution in [0.25, 0.3) is 0 Å². The number of aliphatic carboxylic acids is 2. The number of carbonyl (C=O) groups excluding carboxylic acids is 2. The van der Waals surface area contributed by atoms with E-state index in [0.29, 0.717) is 75.9 Å². The number of hydrogen-bond donors (Lipinski definition) is 0. The topological polar surface area (TPSA) is 136 Å². The summed E-state index contributed by atoms with van der Waals surface area (Å²) in [5.41, 5.74) is 0. The fourth-order valence-corrected chi connectivity index (χ4v) is 2.42. The van der Waals surface area contributed by atoms with Crippen LogP contribution in [0.5, 0.6) is 23.0 Å². The van der Waals surface area contributed by atoms with Gasteiger partial charge in [-0.1, -0.05) is 24.3 Å². The first kappa shape index (κ1) is 37.9. The first-order valence-electron chi connectivity index (χ1n) is 10.6. The van der Waals surface area contributed by atoms with Gasteiger partial charge in [0.05, 0.1) is 26.4 Å². The van der Waals surface area contributed by atoms with Gasteiger partial charge in [-0.05, 0) is 38.1 Å². The van der Waals surface area contributed by atoms with Gasteiger partial charge in [-0.3, -0.25) is 0 Å². The SMILES string of the molecule is CC(=O)[O-].CC(=O)[O-].[K+].[K+].c1ccc2c(c1)OCCOCCOc1ccccc1OCCOCCO2. The molecule has 3 rings (SSSR count). The summed E-state index contributed by atoms with van der Waals surface area (Å²) in [4.78, 5) is 17.8. The maximum Gasteiger partial charge on any atom is 1.00 e. The normalized spacial score (nSPS) is 13.6. The summed E-state index contributed by atoms with van der Waals surface area (Å²) in [7, 11) is 0. The number of para-hydroxylation sites is 4. The number of ether oxygens (including phenoxy) is 6. The van der Waals surface area contributed by atoms with E-state index in [4.69, 9.17) is 48.2 Å². The van der Waals surface area contributed by atoms with Gasteiger partial charge in [-0.15, -0.1) is 0 Å². The zero-order valence-electron chi connectivity index (χ0n) is 21.4. The Hall–Kier alpha value is -0.227. The number of benzene rings is 2. The van der Waals surface area contributed by atoms with Gasteiger partial charge in [0.15, 0.2) is 23.0 Å². The molecule has 0 saturated heterocycles. The van der Waals surface area contributed by atoms with Crippen molar-refractivity contribution in [2.24, 2.45) is 0 Å². The first-order chi connectivity index (χ1) is 16.4. The Kier molecular flexibility index (Phi) is 26.4. The maximum atomic E-state index is 8.89. The third-order valence-electron chi connectivity index (χ3n) is 3.64. The minimum absolute atomic E-state index is 0. The zero-order valence-corrected chi connectivity index (χ0v) is 27.6. The monoisotopic (exact) mass is 556 g/mol. The Bertz CT molecular complexity index is 720. The molecule has 0 saturated carbocycles. The van der Waals surface area contributed by atoms with Crippen molar-refractivity contribution in [2.75, 3.05) is 52.9 Å². The van der Waals surface area contributed by atoms with Gasteiger partial charge < -0.3 is 48.2 Å². The smallest absolute Gasteiger partial charge is 0.550 e. The number of rotatable bonds is 0. The zero-order chi connectivity index (χ0) is 25.0. The summed E-state index contributed by atoms with van der Waals surface area (Å²) >= 11 is 0. The number of carboxylic acid groups (broad SMARTS) is 2. The Morgan fingerprint density at radius 2 is 0.722 bits per heavy atom. The van der Waals surface area contributed by atoms with E-state index in [1.807, 2.05) is 48.5 Å². The van der Waals surface area contributed by atoms with Crippen LogP contribution in [0.4, 0.5) is 0 Å². The Labute approximate surface area is 296 Å². The molecule has 12 heteroatoms. The Balaban J connectivity index is 0. The number of carbonyl (C=O) groups is 2. The minimum Gasteiger partial charge on any atom is -0.550 e. The number of hydrogen-bond acceptors (Lipinski definition) is 10. The molecular formula is C24H30K2O10. The van der Waals surface area contributed by atoms with Crippen LogP contribution < -0.4 is 132 Å². The number of fused-ring (bicyclic) bond motifs is 2.